The van der Waals surface area contributed by atoms with Crippen LogP contribution in [0.4, 0.5) is 0 Å². The van der Waals surface area contributed by atoms with Gasteiger partial charge in [0.2, 0.25) is 0 Å². The molecule has 2 fully saturated rings. The van der Waals surface area contributed by atoms with E-state index in [0.29, 0.717) is 5.41 Å². The predicted octanol–water partition coefficient (Wildman–Crippen LogP) is 2.54. The summed E-state index contributed by atoms with van der Waals surface area (Å²) in [6, 6.07) is 0.799. The zero-order chi connectivity index (χ0) is 12.4. The molecule has 0 amide bonds. The Labute approximate surface area is 113 Å². The van der Waals surface area contributed by atoms with E-state index in [2.05, 4.69) is 17.2 Å². The van der Waals surface area contributed by atoms with Crippen molar-refractivity contribution in [1.82, 2.24) is 10.3 Å². The van der Waals surface area contributed by atoms with Crippen LogP contribution in [0.3, 0.4) is 0 Å². The number of ether oxygens (including phenoxy) is 1. The molecule has 1 aromatic rings. The fourth-order valence-electron chi connectivity index (χ4n) is 2.67. The molecule has 1 saturated carbocycles. The second-order valence-corrected chi connectivity index (χ2v) is 6.76. The number of thiazole rings is 1. The summed E-state index contributed by atoms with van der Waals surface area (Å²) in [6.45, 7) is 5.13. The van der Waals surface area contributed by atoms with Crippen LogP contribution >= 0.6 is 11.3 Å². The number of aromatic nitrogens is 1. The van der Waals surface area contributed by atoms with Gasteiger partial charge in [0, 0.05) is 29.5 Å². The minimum atomic E-state index is 0.374. The lowest BCUT2D eigenvalue weighted by Gasteiger charge is -2.27. The molecule has 0 aromatic carbocycles. The highest BCUT2D eigenvalue weighted by atomic mass is 32.1. The summed E-state index contributed by atoms with van der Waals surface area (Å²) in [7, 11) is 0. The largest absolute Gasteiger partial charge is 0.381 e. The molecule has 1 N–H and O–H groups in total. The van der Waals surface area contributed by atoms with Gasteiger partial charge in [0.05, 0.1) is 17.8 Å². The molecule has 1 aliphatic heterocycles. The molecule has 2 aliphatic rings. The van der Waals surface area contributed by atoms with Crippen LogP contribution < -0.4 is 5.32 Å². The van der Waals surface area contributed by atoms with E-state index in [0.717, 1.165) is 32.2 Å². The van der Waals surface area contributed by atoms with Gasteiger partial charge in [-0.25, -0.2) is 4.98 Å². The van der Waals surface area contributed by atoms with E-state index in [1.807, 2.05) is 5.51 Å². The van der Waals surface area contributed by atoms with Crippen LogP contribution in [0.25, 0.3) is 0 Å². The molecule has 18 heavy (non-hydrogen) atoms. The topological polar surface area (TPSA) is 34.2 Å². The van der Waals surface area contributed by atoms with Gasteiger partial charge >= 0.3 is 0 Å². The van der Waals surface area contributed by atoms with Crippen LogP contribution in [0.5, 0.6) is 0 Å². The second-order valence-electron chi connectivity index (χ2n) is 5.82. The van der Waals surface area contributed by atoms with Crippen molar-refractivity contribution < 1.29 is 4.74 Å². The molecule has 3 nitrogen and oxygen atoms in total. The van der Waals surface area contributed by atoms with Gasteiger partial charge in [-0.2, -0.15) is 0 Å². The molecule has 1 atom stereocenters. The van der Waals surface area contributed by atoms with Gasteiger partial charge in [0.25, 0.3) is 0 Å². The molecule has 1 aliphatic carbocycles. The highest BCUT2D eigenvalue weighted by molar-refractivity contribution is 7.09. The molecule has 2 heterocycles. The van der Waals surface area contributed by atoms with Crippen LogP contribution in [0.1, 0.15) is 36.3 Å². The van der Waals surface area contributed by atoms with E-state index < -0.39 is 0 Å². The molecular weight excluding hydrogens is 244 g/mol. The van der Waals surface area contributed by atoms with Crippen molar-refractivity contribution in [3.63, 3.8) is 0 Å². The minimum Gasteiger partial charge on any atom is -0.381 e. The molecule has 3 rings (SSSR count). The maximum absolute atomic E-state index is 5.66. The number of rotatable bonds is 6. The van der Waals surface area contributed by atoms with Crippen LogP contribution in [0.15, 0.2) is 5.51 Å². The predicted molar refractivity (Wildman–Crippen MR) is 74.1 cm³/mol. The standard InChI is InChI=1S/C14H22N2OS/c1-11-13(18-10-16-11)4-5-14(6-7-17-9-14)8-15-12-2-3-12/h10,12,15H,2-9H2,1H3. The van der Waals surface area contributed by atoms with Gasteiger partial charge in [-0.15, -0.1) is 11.3 Å². The van der Waals surface area contributed by atoms with Crippen LogP contribution in [-0.2, 0) is 11.2 Å². The first-order chi connectivity index (χ1) is 8.77. The quantitative estimate of drug-likeness (QED) is 0.859. The maximum Gasteiger partial charge on any atom is 0.0797 e. The Balaban J connectivity index is 1.57. The first-order valence-electron chi connectivity index (χ1n) is 6.98. The van der Waals surface area contributed by atoms with Crippen LogP contribution in [-0.4, -0.2) is 30.8 Å². The number of aryl methyl sites for hydroxylation is 2. The van der Waals surface area contributed by atoms with Crippen LogP contribution in [0, 0.1) is 12.3 Å². The maximum atomic E-state index is 5.66. The summed E-state index contributed by atoms with van der Waals surface area (Å²) in [5, 5.41) is 3.69. The minimum absolute atomic E-state index is 0.374. The Morgan fingerprint density at radius 3 is 3.06 bits per heavy atom. The summed E-state index contributed by atoms with van der Waals surface area (Å²) < 4.78 is 5.66. The van der Waals surface area contributed by atoms with E-state index in [9.17, 15) is 0 Å². The van der Waals surface area contributed by atoms with Crippen molar-refractivity contribution in [3.8, 4) is 0 Å². The van der Waals surface area contributed by atoms with Crippen molar-refractivity contribution in [2.75, 3.05) is 19.8 Å². The lowest BCUT2D eigenvalue weighted by atomic mass is 9.82. The first kappa shape index (κ1) is 12.6. The van der Waals surface area contributed by atoms with Gasteiger partial charge < -0.3 is 10.1 Å². The Morgan fingerprint density at radius 1 is 1.56 bits per heavy atom. The molecule has 100 valence electrons. The molecule has 0 bridgehead atoms. The SMILES string of the molecule is Cc1ncsc1CCC1(CNC2CC2)CCOC1. The summed E-state index contributed by atoms with van der Waals surface area (Å²) in [4.78, 5) is 5.79. The van der Waals surface area contributed by atoms with E-state index in [4.69, 9.17) is 4.74 Å². The average molecular weight is 266 g/mol. The van der Waals surface area contributed by atoms with Gasteiger partial charge in [-0.1, -0.05) is 0 Å². The van der Waals surface area contributed by atoms with Crippen molar-refractivity contribution in [2.45, 2.75) is 45.1 Å². The molecule has 0 radical (unpaired) electrons. The van der Waals surface area contributed by atoms with E-state index in [-0.39, 0.29) is 0 Å². The van der Waals surface area contributed by atoms with Crippen molar-refractivity contribution >= 4 is 11.3 Å². The fourth-order valence-corrected chi connectivity index (χ4v) is 3.45. The van der Waals surface area contributed by atoms with Crippen molar-refractivity contribution in [3.05, 3.63) is 16.1 Å². The van der Waals surface area contributed by atoms with Crippen LogP contribution in [0.2, 0.25) is 0 Å². The summed E-state index contributed by atoms with van der Waals surface area (Å²) in [5.41, 5.74) is 3.55. The normalized spacial score (nSPS) is 27.8. The molecular formula is C14H22N2OS. The lowest BCUT2D eigenvalue weighted by Crippen LogP contribution is -2.36. The number of hydrogen-bond acceptors (Lipinski definition) is 4. The molecule has 4 heteroatoms. The monoisotopic (exact) mass is 266 g/mol. The second kappa shape index (κ2) is 5.27. The molecule has 0 spiro atoms. The van der Waals surface area contributed by atoms with E-state index in [1.165, 1.54) is 36.3 Å². The Bertz CT molecular complexity index is 394. The Hall–Kier alpha value is -0.450. The molecule has 1 unspecified atom stereocenters. The summed E-state index contributed by atoms with van der Waals surface area (Å²) in [5.74, 6) is 0. The molecule has 1 aromatic heterocycles. The number of hydrogen-bond donors (Lipinski definition) is 1. The Kier molecular flexibility index (Phi) is 3.68. The third-order valence-electron chi connectivity index (χ3n) is 4.26. The van der Waals surface area contributed by atoms with E-state index >= 15 is 0 Å². The zero-order valence-electron chi connectivity index (χ0n) is 11.1. The number of nitrogens with zero attached hydrogens (tertiary/aromatic N) is 1. The third kappa shape index (κ3) is 2.92. The smallest absolute Gasteiger partial charge is 0.0797 e. The van der Waals surface area contributed by atoms with Crippen molar-refractivity contribution in [2.24, 2.45) is 5.41 Å². The summed E-state index contributed by atoms with van der Waals surface area (Å²) in [6.07, 6.45) is 6.34. The van der Waals surface area contributed by atoms with Gasteiger partial charge in [-0.05, 0) is 39.0 Å². The Morgan fingerprint density at radius 2 is 2.44 bits per heavy atom. The number of nitrogens with one attached hydrogen (secondary N) is 1. The highest BCUT2D eigenvalue weighted by Gasteiger charge is 2.36. The first-order valence-corrected chi connectivity index (χ1v) is 7.86. The molecule has 1 saturated heterocycles. The lowest BCUT2D eigenvalue weighted by molar-refractivity contribution is 0.144. The fraction of sp³-hybridized carbons (Fsp3) is 0.786. The highest BCUT2D eigenvalue weighted by Crippen LogP contribution is 2.35. The third-order valence-corrected chi connectivity index (χ3v) is 5.25. The van der Waals surface area contributed by atoms with Gasteiger partial charge in [-0.3, -0.25) is 0 Å². The van der Waals surface area contributed by atoms with E-state index in [1.54, 1.807) is 11.3 Å². The van der Waals surface area contributed by atoms with Gasteiger partial charge in [0.1, 0.15) is 0 Å². The summed E-state index contributed by atoms with van der Waals surface area (Å²) >= 11 is 1.80. The zero-order valence-corrected chi connectivity index (χ0v) is 11.9. The average Bonchev–Trinajstić information content (AvgIpc) is 2.94. The van der Waals surface area contributed by atoms with Gasteiger partial charge in [0.15, 0.2) is 0 Å². The van der Waals surface area contributed by atoms with Crippen molar-refractivity contribution in [1.29, 1.82) is 0 Å².